The van der Waals surface area contributed by atoms with Crippen LogP contribution in [0.25, 0.3) is 0 Å². The fraction of sp³-hybridized carbons (Fsp3) is 0.250. The lowest BCUT2D eigenvalue weighted by Crippen LogP contribution is -2.33. The van der Waals surface area contributed by atoms with E-state index in [2.05, 4.69) is 32.8 Å². The highest BCUT2D eigenvalue weighted by Gasteiger charge is 2.27. The molecule has 0 aliphatic heterocycles. The Bertz CT molecular complexity index is 787. The molecule has 0 saturated heterocycles. The van der Waals surface area contributed by atoms with Crippen LogP contribution in [0.3, 0.4) is 0 Å². The molecule has 1 atom stereocenters. The summed E-state index contributed by atoms with van der Waals surface area (Å²) in [5.74, 6) is 0.278. The van der Waals surface area contributed by atoms with E-state index in [1.165, 1.54) is 11.1 Å². The summed E-state index contributed by atoms with van der Waals surface area (Å²) in [6.07, 6.45) is 0.938. The Morgan fingerprint density at radius 2 is 2.00 bits per heavy atom. The largest absolute Gasteiger partial charge is 0.241 e. The van der Waals surface area contributed by atoms with Crippen LogP contribution < -0.4 is 4.72 Å². The van der Waals surface area contributed by atoms with Crippen molar-refractivity contribution >= 4 is 26.0 Å². The van der Waals surface area contributed by atoms with Gasteiger partial charge < -0.3 is 0 Å². The van der Waals surface area contributed by atoms with Crippen molar-refractivity contribution in [3.05, 3.63) is 63.6 Å². The molecule has 1 aliphatic rings. The van der Waals surface area contributed by atoms with Crippen LogP contribution >= 0.6 is 15.9 Å². The minimum atomic E-state index is -3.48. The number of benzene rings is 2. The molecule has 1 unspecified atom stereocenters. The fourth-order valence-corrected chi connectivity index (χ4v) is 4.93. The van der Waals surface area contributed by atoms with Crippen LogP contribution in [0.4, 0.5) is 0 Å². The molecule has 21 heavy (non-hydrogen) atoms. The third-order valence-corrected chi connectivity index (χ3v) is 6.26. The van der Waals surface area contributed by atoms with E-state index in [4.69, 9.17) is 0 Å². The molecule has 0 heterocycles. The molecule has 1 N–H and O–H groups in total. The second-order valence-electron chi connectivity index (χ2n) is 5.39. The van der Waals surface area contributed by atoms with E-state index in [-0.39, 0.29) is 5.92 Å². The van der Waals surface area contributed by atoms with E-state index in [9.17, 15) is 8.42 Å². The first-order chi connectivity index (χ1) is 9.97. The number of halogens is 1. The standard InChI is InChI=1S/C16H16BrNO2S/c1-11-6-7-16(15(17)8-11)21(19,20)18-10-13-9-12-4-2-3-5-14(12)13/h2-8,13,18H,9-10H2,1H3. The molecule has 0 bridgehead atoms. The summed E-state index contributed by atoms with van der Waals surface area (Å²) in [7, 11) is -3.48. The Morgan fingerprint density at radius 1 is 1.24 bits per heavy atom. The summed E-state index contributed by atoms with van der Waals surface area (Å²) in [5, 5.41) is 0. The van der Waals surface area contributed by atoms with Gasteiger partial charge in [-0.15, -0.1) is 0 Å². The van der Waals surface area contributed by atoms with Crippen molar-refractivity contribution in [3.8, 4) is 0 Å². The maximum atomic E-state index is 12.4. The zero-order chi connectivity index (χ0) is 15.0. The van der Waals surface area contributed by atoms with Crippen LogP contribution in [0.5, 0.6) is 0 Å². The second-order valence-corrected chi connectivity index (χ2v) is 7.98. The first-order valence-electron chi connectivity index (χ1n) is 6.81. The highest BCUT2D eigenvalue weighted by Crippen LogP contribution is 2.34. The number of nitrogens with one attached hydrogen (secondary N) is 1. The summed E-state index contributed by atoms with van der Waals surface area (Å²) in [6.45, 7) is 2.37. The van der Waals surface area contributed by atoms with Gasteiger partial charge in [0.1, 0.15) is 0 Å². The molecule has 0 spiro atoms. The average molecular weight is 366 g/mol. The SMILES string of the molecule is Cc1ccc(S(=O)(=O)NCC2Cc3ccccc32)c(Br)c1. The van der Waals surface area contributed by atoms with Crippen molar-refractivity contribution in [3.63, 3.8) is 0 Å². The second kappa shape index (κ2) is 5.55. The van der Waals surface area contributed by atoms with Gasteiger partial charge in [0.05, 0.1) is 4.90 Å². The van der Waals surface area contributed by atoms with Crippen molar-refractivity contribution in [1.82, 2.24) is 4.72 Å². The molecule has 2 aromatic rings. The molecule has 1 aliphatic carbocycles. The number of aryl methyl sites for hydroxylation is 1. The number of fused-ring (bicyclic) bond motifs is 1. The Balaban J connectivity index is 1.73. The van der Waals surface area contributed by atoms with Crippen LogP contribution in [0.1, 0.15) is 22.6 Å². The van der Waals surface area contributed by atoms with Crippen LogP contribution in [0, 0.1) is 6.92 Å². The molecule has 0 amide bonds. The third kappa shape index (κ3) is 2.91. The van der Waals surface area contributed by atoms with Crippen molar-refractivity contribution in [1.29, 1.82) is 0 Å². The Morgan fingerprint density at radius 3 is 2.71 bits per heavy atom. The fourth-order valence-electron chi connectivity index (χ4n) is 2.66. The molecule has 3 rings (SSSR count). The predicted octanol–water partition coefficient (Wildman–Crippen LogP) is 3.38. The highest BCUT2D eigenvalue weighted by atomic mass is 79.9. The molecule has 0 fully saturated rings. The smallest absolute Gasteiger partial charge is 0.210 e. The van der Waals surface area contributed by atoms with Crippen LogP contribution in [-0.2, 0) is 16.4 Å². The van der Waals surface area contributed by atoms with E-state index in [0.29, 0.717) is 15.9 Å². The van der Waals surface area contributed by atoms with Crippen molar-refractivity contribution in [2.45, 2.75) is 24.2 Å². The number of hydrogen-bond donors (Lipinski definition) is 1. The summed E-state index contributed by atoms with van der Waals surface area (Å²) in [6, 6.07) is 13.4. The molecule has 0 radical (unpaired) electrons. The van der Waals surface area contributed by atoms with Crippen LogP contribution in [0.2, 0.25) is 0 Å². The molecule has 5 heteroatoms. The minimum absolute atomic E-state index is 0.278. The zero-order valence-electron chi connectivity index (χ0n) is 11.6. The Labute approximate surface area is 133 Å². The van der Waals surface area contributed by atoms with Crippen molar-refractivity contribution < 1.29 is 8.42 Å². The van der Waals surface area contributed by atoms with Gasteiger partial charge in [-0.3, -0.25) is 0 Å². The molecular weight excluding hydrogens is 350 g/mol. The van der Waals surface area contributed by atoms with Gasteiger partial charge in [0.2, 0.25) is 10.0 Å². The topological polar surface area (TPSA) is 46.2 Å². The third-order valence-electron chi connectivity index (χ3n) is 3.86. The van der Waals surface area contributed by atoms with Crippen LogP contribution in [-0.4, -0.2) is 15.0 Å². The Hall–Kier alpha value is -1.17. The summed E-state index contributed by atoms with van der Waals surface area (Å²) in [4.78, 5) is 0.292. The minimum Gasteiger partial charge on any atom is -0.210 e. The van der Waals surface area contributed by atoms with Gasteiger partial charge >= 0.3 is 0 Å². The van der Waals surface area contributed by atoms with E-state index in [1.807, 2.05) is 25.1 Å². The van der Waals surface area contributed by atoms with E-state index >= 15 is 0 Å². The zero-order valence-corrected chi connectivity index (χ0v) is 14.0. The molecule has 0 saturated carbocycles. The molecule has 110 valence electrons. The summed E-state index contributed by atoms with van der Waals surface area (Å²) >= 11 is 3.33. The van der Waals surface area contributed by atoms with Gasteiger partial charge in [0.15, 0.2) is 0 Å². The van der Waals surface area contributed by atoms with Gasteiger partial charge in [0, 0.05) is 16.9 Å². The van der Waals surface area contributed by atoms with E-state index in [1.54, 1.807) is 12.1 Å². The monoisotopic (exact) mass is 365 g/mol. The molecule has 0 aromatic heterocycles. The highest BCUT2D eigenvalue weighted by molar-refractivity contribution is 9.10. The number of rotatable bonds is 4. The normalized spacial score (nSPS) is 17.1. The van der Waals surface area contributed by atoms with Crippen molar-refractivity contribution in [2.75, 3.05) is 6.54 Å². The first-order valence-corrected chi connectivity index (χ1v) is 9.08. The molecular formula is C16H16BrNO2S. The van der Waals surface area contributed by atoms with Crippen LogP contribution in [0.15, 0.2) is 51.8 Å². The maximum Gasteiger partial charge on any atom is 0.241 e. The molecule has 2 aromatic carbocycles. The number of hydrogen-bond acceptors (Lipinski definition) is 2. The quantitative estimate of drug-likeness (QED) is 0.902. The average Bonchev–Trinajstić information content (AvgIpc) is 2.39. The Kier molecular flexibility index (Phi) is 3.90. The summed E-state index contributed by atoms with van der Waals surface area (Å²) < 4.78 is 28.1. The lowest BCUT2D eigenvalue weighted by molar-refractivity contribution is 0.551. The summed E-state index contributed by atoms with van der Waals surface area (Å²) in [5.41, 5.74) is 3.59. The van der Waals surface area contributed by atoms with Gasteiger partial charge in [-0.1, -0.05) is 30.3 Å². The maximum absolute atomic E-state index is 12.4. The number of sulfonamides is 1. The predicted molar refractivity (Wildman–Crippen MR) is 87.0 cm³/mol. The van der Waals surface area contributed by atoms with Gasteiger partial charge in [-0.2, -0.15) is 0 Å². The first kappa shape index (κ1) is 14.8. The lowest BCUT2D eigenvalue weighted by atomic mass is 9.78. The van der Waals surface area contributed by atoms with Gasteiger partial charge in [-0.25, -0.2) is 13.1 Å². The van der Waals surface area contributed by atoms with E-state index in [0.717, 1.165) is 12.0 Å². The van der Waals surface area contributed by atoms with Gasteiger partial charge in [-0.05, 0) is 58.1 Å². The lowest BCUT2D eigenvalue weighted by Gasteiger charge is -2.30. The molecule has 3 nitrogen and oxygen atoms in total. The van der Waals surface area contributed by atoms with E-state index < -0.39 is 10.0 Å². The van der Waals surface area contributed by atoms with Gasteiger partial charge in [0.25, 0.3) is 0 Å². The van der Waals surface area contributed by atoms with Crippen molar-refractivity contribution in [2.24, 2.45) is 0 Å².